The van der Waals surface area contributed by atoms with Crippen molar-refractivity contribution in [2.24, 2.45) is 10.8 Å². The SMILES string of the molecule is CC1(C)CCCN(c2nc3c(s2)C(O)CC(C)(C)C3)CC1. The molecule has 1 aromatic rings. The van der Waals surface area contributed by atoms with Crippen LogP contribution in [0.25, 0.3) is 0 Å². The van der Waals surface area contributed by atoms with Gasteiger partial charge in [0, 0.05) is 13.1 Å². The first-order chi connectivity index (χ1) is 9.76. The van der Waals surface area contributed by atoms with Crippen LogP contribution in [0.3, 0.4) is 0 Å². The second-order valence-electron chi connectivity index (χ2n) is 8.37. The molecule has 2 aliphatic rings. The molecule has 0 saturated carbocycles. The van der Waals surface area contributed by atoms with Crippen LogP contribution in [0.4, 0.5) is 5.13 Å². The molecule has 3 nitrogen and oxygen atoms in total. The zero-order valence-electron chi connectivity index (χ0n) is 13.8. The fourth-order valence-electron chi connectivity index (χ4n) is 3.63. The summed E-state index contributed by atoms with van der Waals surface area (Å²) in [5.74, 6) is 0. The Morgan fingerprint density at radius 3 is 2.67 bits per heavy atom. The summed E-state index contributed by atoms with van der Waals surface area (Å²) < 4.78 is 0. The molecule has 1 fully saturated rings. The van der Waals surface area contributed by atoms with Crippen molar-refractivity contribution in [3.63, 3.8) is 0 Å². The number of fused-ring (bicyclic) bond motifs is 1. The van der Waals surface area contributed by atoms with Gasteiger partial charge in [0.1, 0.15) is 0 Å². The standard InChI is InChI=1S/C17H28N2OS/c1-16(2)6-5-8-19(9-7-16)15-18-12-10-17(3,4)11-13(20)14(12)21-15/h13,20H,5-11H2,1-4H3. The van der Waals surface area contributed by atoms with E-state index in [0.717, 1.165) is 41.6 Å². The summed E-state index contributed by atoms with van der Waals surface area (Å²) >= 11 is 1.72. The normalized spacial score (nSPS) is 28.0. The first-order valence-electron chi connectivity index (χ1n) is 8.18. The summed E-state index contributed by atoms with van der Waals surface area (Å²) in [5.41, 5.74) is 1.76. The molecule has 0 amide bonds. The van der Waals surface area contributed by atoms with Crippen molar-refractivity contribution >= 4 is 16.5 Å². The molecule has 0 bridgehead atoms. The van der Waals surface area contributed by atoms with E-state index in [1.165, 1.54) is 19.3 Å². The van der Waals surface area contributed by atoms with E-state index in [1.54, 1.807) is 11.3 Å². The van der Waals surface area contributed by atoms with E-state index in [-0.39, 0.29) is 11.5 Å². The van der Waals surface area contributed by atoms with Crippen molar-refractivity contribution in [1.82, 2.24) is 4.98 Å². The first kappa shape index (κ1) is 15.3. The molecule has 21 heavy (non-hydrogen) atoms. The highest BCUT2D eigenvalue weighted by Crippen LogP contribution is 2.45. The van der Waals surface area contributed by atoms with E-state index in [4.69, 9.17) is 4.98 Å². The van der Waals surface area contributed by atoms with E-state index in [0.29, 0.717) is 5.41 Å². The van der Waals surface area contributed by atoms with Gasteiger partial charge in [0.25, 0.3) is 0 Å². The molecule has 1 aliphatic heterocycles. The van der Waals surface area contributed by atoms with E-state index < -0.39 is 0 Å². The molecule has 1 unspecified atom stereocenters. The number of nitrogens with zero attached hydrogens (tertiary/aromatic N) is 2. The second kappa shape index (κ2) is 5.24. The Kier molecular flexibility index (Phi) is 3.81. The van der Waals surface area contributed by atoms with Gasteiger partial charge in [-0.25, -0.2) is 4.98 Å². The lowest BCUT2D eigenvalue weighted by Gasteiger charge is -2.31. The third kappa shape index (κ3) is 3.26. The van der Waals surface area contributed by atoms with Crippen LogP contribution in [-0.2, 0) is 6.42 Å². The summed E-state index contributed by atoms with van der Waals surface area (Å²) in [5, 5.41) is 11.5. The smallest absolute Gasteiger partial charge is 0.185 e. The summed E-state index contributed by atoms with van der Waals surface area (Å²) in [7, 11) is 0. The van der Waals surface area contributed by atoms with E-state index >= 15 is 0 Å². The van der Waals surface area contributed by atoms with E-state index in [9.17, 15) is 5.11 Å². The predicted molar refractivity (Wildman–Crippen MR) is 89.0 cm³/mol. The molecular formula is C17H28N2OS. The summed E-state index contributed by atoms with van der Waals surface area (Å²) in [6.45, 7) is 11.4. The van der Waals surface area contributed by atoms with Crippen molar-refractivity contribution in [3.05, 3.63) is 10.6 Å². The molecule has 1 aromatic heterocycles. The maximum Gasteiger partial charge on any atom is 0.185 e. The predicted octanol–water partition coefficient (Wildman–Crippen LogP) is 4.17. The van der Waals surface area contributed by atoms with Crippen LogP contribution in [0.5, 0.6) is 0 Å². The minimum atomic E-state index is -0.321. The van der Waals surface area contributed by atoms with Crippen LogP contribution in [0.2, 0.25) is 0 Å². The molecule has 1 saturated heterocycles. The van der Waals surface area contributed by atoms with Gasteiger partial charge in [-0.1, -0.05) is 39.0 Å². The zero-order valence-corrected chi connectivity index (χ0v) is 14.6. The number of aromatic nitrogens is 1. The minimum Gasteiger partial charge on any atom is -0.387 e. The van der Waals surface area contributed by atoms with Crippen molar-refractivity contribution in [2.75, 3.05) is 18.0 Å². The lowest BCUT2D eigenvalue weighted by atomic mass is 9.77. The quantitative estimate of drug-likeness (QED) is 0.846. The van der Waals surface area contributed by atoms with Gasteiger partial charge < -0.3 is 10.0 Å². The van der Waals surface area contributed by atoms with Crippen molar-refractivity contribution in [1.29, 1.82) is 0 Å². The highest BCUT2D eigenvalue weighted by molar-refractivity contribution is 7.15. The number of anilines is 1. The molecule has 1 atom stereocenters. The molecule has 1 aliphatic carbocycles. The van der Waals surface area contributed by atoms with Crippen LogP contribution in [0, 0.1) is 10.8 Å². The Morgan fingerprint density at radius 2 is 1.90 bits per heavy atom. The largest absolute Gasteiger partial charge is 0.387 e. The average molecular weight is 308 g/mol. The van der Waals surface area contributed by atoms with Crippen LogP contribution >= 0.6 is 11.3 Å². The summed E-state index contributed by atoms with van der Waals surface area (Å²) in [6, 6.07) is 0. The summed E-state index contributed by atoms with van der Waals surface area (Å²) in [4.78, 5) is 8.45. The highest BCUT2D eigenvalue weighted by Gasteiger charge is 2.35. The van der Waals surface area contributed by atoms with Crippen LogP contribution in [0.15, 0.2) is 0 Å². The fourth-order valence-corrected chi connectivity index (χ4v) is 4.75. The number of hydrogen-bond donors (Lipinski definition) is 1. The molecule has 0 radical (unpaired) electrons. The van der Waals surface area contributed by atoms with E-state index in [1.807, 2.05) is 0 Å². The number of hydrogen-bond acceptors (Lipinski definition) is 4. The molecule has 3 rings (SSSR count). The maximum absolute atomic E-state index is 10.4. The molecule has 4 heteroatoms. The number of aliphatic hydroxyl groups is 1. The lowest BCUT2D eigenvalue weighted by molar-refractivity contribution is 0.102. The Bertz CT molecular complexity index is 521. The molecule has 0 aromatic carbocycles. The molecule has 118 valence electrons. The molecule has 1 N–H and O–H groups in total. The van der Waals surface area contributed by atoms with Gasteiger partial charge in [-0.2, -0.15) is 0 Å². The van der Waals surface area contributed by atoms with Gasteiger partial charge in [0.05, 0.1) is 16.7 Å². The van der Waals surface area contributed by atoms with Crippen molar-refractivity contribution in [2.45, 2.75) is 65.9 Å². The lowest BCUT2D eigenvalue weighted by Crippen LogP contribution is -2.25. The molecule has 2 heterocycles. The Morgan fingerprint density at radius 1 is 1.14 bits per heavy atom. The average Bonchev–Trinajstić information content (AvgIpc) is 2.66. The second-order valence-corrected chi connectivity index (χ2v) is 9.38. The van der Waals surface area contributed by atoms with Gasteiger partial charge in [-0.05, 0) is 42.9 Å². The number of rotatable bonds is 1. The fraction of sp³-hybridized carbons (Fsp3) is 0.824. The third-order valence-corrected chi connectivity index (χ3v) is 6.28. The summed E-state index contributed by atoms with van der Waals surface area (Å²) in [6.07, 6.45) is 5.29. The number of aliphatic hydroxyl groups excluding tert-OH is 1. The monoisotopic (exact) mass is 308 g/mol. The van der Waals surface area contributed by atoms with Gasteiger partial charge in [0.2, 0.25) is 0 Å². The van der Waals surface area contributed by atoms with Crippen LogP contribution in [-0.4, -0.2) is 23.2 Å². The van der Waals surface area contributed by atoms with Crippen molar-refractivity contribution in [3.8, 4) is 0 Å². The van der Waals surface area contributed by atoms with E-state index in [2.05, 4.69) is 32.6 Å². The zero-order chi connectivity index (χ0) is 15.3. The highest BCUT2D eigenvalue weighted by atomic mass is 32.1. The van der Waals surface area contributed by atoms with Crippen LogP contribution in [0.1, 0.15) is 70.1 Å². The van der Waals surface area contributed by atoms with Gasteiger partial charge in [-0.15, -0.1) is 0 Å². The Balaban J connectivity index is 1.82. The van der Waals surface area contributed by atoms with Gasteiger partial charge in [0.15, 0.2) is 5.13 Å². The van der Waals surface area contributed by atoms with Gasteiger partial charge >= 0.3 is 0 Å². The molecule has 0 spiro atoms. The number of thiazole rings is 1. The van der Waals surface area contributed by atoms with Gasteiger partial charge in [-0.3, -0.25) is 0 Å². The Labute approximate surface area is 132 Å². The Hall–Kier alpha value is -0.610. The topological polar surface area (TPSA) is 36.4 Å². The van der Waals surface area contributed by atoms with Crippen molar-refractivity contribution < 1.29 is 5.11 Å². The first-order valence-corrected chi connectivity index (χ1v) is 9.00. The minimum absolute atomic E-state index is 0.165. The maximum atomic E-state index is 10.4. The molecular weight excluding hydrogens is 280 g/mol. The van der Waals surface area contributed by atoms with Crippen LogP contribution < -0.4 is 4.90 Å². The third-order valence-electron chi connectivity index (χ3n) is 5.02.